The highest BCUT2D eigenvalue weighted by molar-refractivity contribution is 7.98. The normalized spacial score (nSPS) is 12.2. The molecule has 0 saturated heterocycles. The van der Waals surface area contributed by atoms with Crippen molar-refractivity contribution in [1.29, 1.82) is 0 Å². The van der Waals surface area contributed by atoms with Crippen molar-refractivity contribution in [3.05, 3.63) is 35.6 Å². The van der Waals surface area contributed by atoms with Gasteiger partial charge in [-0.15, -0.1) is 18.2 Å². The third-order valence-electron chi connectivity index (χ3n) is 3.58. The molecule has 0 aliphatic heterocycles. The summed E-state index contributed by atoms with van der Waals surface area (Å²) < 4.78 is 19.3. The van der Waals surface area contributed by atoms with Gasteiger partial charge in [-0.2, -0.15) is 0 Å². The van der Waals surface area contributed by atoms with Gasteiger partial charge >= 0.3 is 5.97 Å². The fraction of sp³-hybridized carbons (Fsp3) is 0.278. The molecule has 0 bridgehead atoms. The number of nitrogens with two attached hydrogens (primary N) is 1. The van der Waals surface area contributed by atoms with E-state index in [4.69, 9.17) is 16.9 Å². The van der Waals surface area contributed by atoms with Gasteiger partial charge in [-0.3, -0.25) is 0 Å². The van der Waals surface area contributed by atoms with Crippen LogP contribution in [-0.4, -0.2) is 18.3 Å². The number of thioether (sulfide) groups is 1. The number of terminal acetylenes is 1. The van der Waals surface area contributed by atoms with Gasteiger partial charge in [0, 0.05) is 10.3 Å². The van der Waals surface area contributed by atoms with Gasteiger partial charge in [-0.05, 0) is 35.8 Å². The minimum Gasteiger partial charge on any atom is -0.425 e. The molecule has 2 aromatic carbocycles. The number of carbonyl (C=O) groups excluding carboxylic acids is 1. The number of carbonyl (C=O) groups is 1. The summed E-state index contributed by atoms with van der Waals surface area (Å²) >= 11 is 1.41. The molecule has 0 aliphatic carbocycles. The number of ether oxygens (including phenoxy) is 1. The van der Waals surface area contributed by atoms with Crippen LogP contribution in [0.15, 0.2) is 29.2 Å². The lowest BCUT2D eigenvalue weighted by molar-refractivity contribution is -0.136. The molecular formula is C18H18FNO2S. The average molecular weight is 331 g/mol. The predicted molar refractivity (Wildman–Crippen MR) is 92.1 cm³/mol. The third kappa shape index (κ3) is 3.49. The van der Waals surface area contributed by atoms with Crippen LogP contribution in [-0.2, 0) is 4.79 Å². The molecule has 0 unspecified atom stereocenters. The van der Waals surface area contributed by atoms with E-state index in [2.05, 4.69) is 5.92 Å². The van der Waals surface area contributed by atoms with E-state index in [-0.39, 0.29) is 11.5 Å². The van der Waals surface area contributed by atoms with Crippen molar-refractivity contribution < 1.29 is 13.9 Å². The topological polar surface area (TPSA) is 52.3 Å². The minimum atomic E-state index is -0.696. The van der Waals surface area contributed by atoms with Crippen LogP contribution in [0.5, 0.6) is 5.75 Å². The predicted octanol–water partition coefficient (Wildman–Crippen LogP) is 3.57. The first-order chi connectivity index (χ1) is 10.9. The van der Waals surface area contributed by atoms with E-state index in [1.165, 1.54) is 17.8 Å². The van der Waals surface area contributed by atoms with Gasteiger partial charge in [0.15, 0.2) is 0 Å². The number of fused-ring (bicyclic) bond motifs is 1. The lowest BCUT2D eigenvalue weighted by Crippen LogP contribution is -2.38. The van der Waals surface area contributed by atoms with Gasteiger partial charge in [-0.1, -0.05) is 25.8 Å². The highest BCUT2D eigenvalue weighted by atomic mass is 32.2. The zero-order valence-electron chi connectivity index (χ0n) is 13.2. The second kappa shape index (κ2) is 7.03. The van der Waals surface area contributed by atoms with Crippen molar-refractivity contribution in [2.24, 2.45) is 11.7 Å². The summed E-state index contributed by atoms with van der Waals surface area (Å²) in [6, 6.07) is 5.58. The van der Waals surface area contributed by atoms with Crippen LogP contribution < -0.4 is 10.5 Å². The summed E-state index contributed by atoms with van der Waals surface area (Å²) in [5.41, 5.74) is 6.01. The van der Waals surface area contributed by atoms with Crippen molar-refractivity contribution in [2.75, 3.05) is 6.26 Å². The van der Waals surface area contributed by atoms with Crippen LogP contribution in [0.2, 0.25) is 0 Å². The lowest BCUT2D eigenvalue weighted by atomic mass is 10.0. The maximum atomic E-state index is 13.9. The standard InChI is InChI=1S/C18H18FNO2S/c1-5-13-14(19)7-6-11-8-12(9-15(23-4)16(11)13)22-18(21)17(20)10(2)3/h1,6-10,17H,20H2,2-4H3/t17-/m0/s1. The van der Waals surface area contributed by atoms with E-state index in [9.17, 15) is 9.18 Å². The van der Waals surface area contributed by atoms with Crippen molar-refractivity contribution in [1.82, 2.24) is 0 Å². The Morgan fingerprint density at radius 2 is 2.09 bits per heavy atom. The minimum absolute atomic E-state index is 0.0230. The number of rotatable bonds is 4. The monoisotopic (exact) mass is 331 g/mol. The zero-order chi connectivity index (χ0) is 17.1. The largest absolute Gasteiger partial charge is 0.425 e. The van der Waals surface area contributed by atoms with Crippen LogP contribution in [0, 0.1) is 24.1 Å². The Morgan fingerprint density at radius 1 is 1.39 bits per heavy atom. The van der Waals surface area contributed by atoms with E-state index in [1.807, 2.05) is 20.1 Å². The van der Waals surface area contributed by atoms with E-state index >= 15 is 0 Å². The fourth-order valence-corrected chi connectivity index (χ4v) is 2.85. The van der Waals surface area contributed by atoms with Gasteiger partial charge in [0.1, 0.15) is 17.6 Å². The molecule has 2 aromatic rings. The van der Waals surface area contributed by atoms with E-state index in [0.29, 0.717) is 16.5 Å². The molecule has 3 nitrogen and oxygen atoms in total. The van der Waals surface area contributed by atoms with Crippen LogP contribution in [0.4, 0.5) is 4.39 Å². The number of benzene rings is 2. The summed E-state index contributed by atoms with van der Waals surface area (Å²) in [5.74, 6) is 1.80. The number of hydrogen-bond acceptors (Lipinski definition) is 4. The second-order valence-electron chi connectivity index (χ2n) is 5.48. The van der Waals surface area contributed by atoms with E-state index < -0.39 is 17.8 Å². The van der Waals surface area contributed by atoms with Gasteiger partial charge in [0.25, 0.3) is 0 Å². The van der Waals surface area contributed by atoms with Gasteiger partial charge in [0.05, 0.1) is 5.56 Å². The molecular weight excluding hydrogens is 313 g/mol. The summed E-state index contributed by atoms with van der Waals surface area (Å²) in [5, 5.41) is 1.36. The fourth-order valence-electron chi connectivity index (χ4n) is 2.19. The van der Waals surface area contributed by atoms with Crippen molar-refractivity contribution in [3.63, 3.8) is 0 Å². The average Bonchev–Trinajstić information content (AvgIpc) is 2.53. The Labute approximate surface area is 139 Å². The van der Waals surface area contributed by atoms with Crippen LogP contribution in [0.3, 0.4) is 0 Å². The first-order valence-corrected chi connectivity index (χ1v) is 8.35. The molecule has 0 aliphatic rings. The van der Waals surface area contributed by atoms with Crippen molar-refractivity contribution in [2.45, 2.75) is 24.8 Å². The third-order valence-corrected chi connectivity index (χ3v) is 4.34. The number of esters is 1. The molecule has 0 radical (unpaired) electrons. The summed E-state index contributed by atoms with van der Waals surface area (Å²) in [4.78, 5) is 12.8. The molecule has 5 heteroatoms. The Bertz CT molecular complexity index is 796. The summed E-state index contributed by atoms with van der Waals surface area (Å²) in [6.07, 6.45) is 7.28. The van der Waals surface area contributed by atoms with E-state index in [0.717, 1.165) is 4.90 Å². The molecule has 23 heavy (non-hydrogen) atoms. The van der Waals surface area contributed by atoms with Crippen LogP contribution in [0.1, 0.15) is 19.4 Å². The van der Waals surface area contributed by atoms with Crippen LogP contribution >= 0.6 is 11.8 Å². The number of halogens is 1. The molecule has 0 spiro atoms. The second-order valence-corrected chi connectivity index (χ2v) is 6.33. The molecule has 0 heterocycles. The Hall–Kier alpha value is -2.03. The molecule has 2 rings (SSSR count). The molecule has 0 aromatic heterocycles. The SMILES string of the molecule is C#Cc1c(F)ccc2cc(OC(=O)[C@@H](N)C(C)C)cc(SC)c12. The van der Waals surface area contributed by atoms with Crippen molar-refractivity contribution in [3.8, 4) is 18.1 Å². The maximum Gasteiger partial charge on any atom is 0.328 e. The highest BCUT2D eigenvalue weighted by Gasteiger charge is 2.20. The molecule has 0 amide bonds. The first-order valence-electron chi connectivity index (χ1n) is 7.13. The first kappa shape index (κ1) is 17.3. The zero-order valence-corrected chi connectivity index (χ0v) is 14.0. The van der Waals surface area contributed by atoms with Crippen molar-refractivity contribution >= 4 is 28.5 Å². The molecule has 1 atom stereocenters. The quantitative estimate of drug-likeness (QED) is 0.403. The lowest BCUT2D eigenvalue weighted by Gasteiger charge is -2.16. The molecule has 0 fully saturated rings. The Morgan fingerprint density at radius 3 is 2.65 bits per heavy atom. The van der Waals surface area contributed by atoms with Gasteiger partial charge in [0.2, 0.25) is 0 Å². The van der Waals surface area contributed by atoms with Gasteiger partial charge < -0.3 is 10.5 Å². The smallest absolute Gasteiger partial charge is 0.328 e. The molecule has 0 saturated carbocycles. The Balaban J connectivity index is 2.52. The van der Waals surface area contributed by atoms with Gasteiger partial charge in [-0.25, -0.2) is 9.18 Å². The molecule has 2 N–H and O–H groups in total. The summed E-state index contributed by atoms with van der Waals surface area (Å²) in [7, 11) is 0. The number of hydrogen-bond donors (Lipinski definition) is 1. The maximum absolute atomic E-state index is 13.9. The van der Waals surface area contributed by atoms with Crippen LogP contribution in [0.25, 0.3) is 10.8 Å². The summed E-state index contributed by atoms with van der Waals surface area (Å²) in [6.45, 7) is 3.70. The highest BCUT2D eigenvalue weighted by Crippen LogP contribution is 2.34. The Kier molecular flexibility index (Phi) is 5.30. The van der Waals surface area contributed by atoms with E-state index in [1.54, 1.807) is 18.2 Å². The molecule has 120 valence electrons.